The first-order valence-electron chi connectivity index (χ1n) is 8.15. The smallest absolute Gasteiger partial charge is 0.295 e. The molecule has 140 valence electrons. The summed E-state index contributed by atoms with van der Waals surface area (Å²) in [5.74, 6) is -1.59. The monoisotopic (exact) mass is 373 g/mol. The molecule has 0 fully saturated rings. The molecule has 3 aromatic rings. The van der Waals surface area contributed by atoms with E-state index >= 15 is 0 Å². The van der Waals surface area contributed by atoms with Gasteiger partial charge in [0.1, 0.15) is 17.2 Å². The molecule has 1 aromatic heterocycles. The van der Waals surface area contributed by atoms with Gasteiger partial charge in [-0.1, -0.05) is 18.2 Å². The normalized spacial score (nSPS) is 13.4. The van der Waals surface area contributed by atoms with Gasteiger partial charge in [-0.2, -0.15) is 0 Å². The molecule has 1 heterocycles. The average Bonchev–Trinajstić information content (AvgIpc) is 2.58. The molecule has 2 N–H and O–H groups in total. The fourth-order valence-electron chi connectivity index (χ4n) is 2.94. The highest BCUT2D eigenvalue weighted by molar-refractivity contribution is 5.96. The number of anilines is 1. The Hall–Kier alpha value is -3.13. The number of hydrogen-bond donors (Lipinski definition) is 2. The number of nitrogens with zero attached hydrogens (tertiary/aromatic N) is 2. The topological polar surface area (TPSA) is 88.3 Å². The first kappa shape index (κ1) is 18.7. The summed E-state index contributed by atoms with van der Waals surface area (Å²) in [6, 6.07) is 9.23. The number of aromatic nitrogens is 1. The van der Waals surface area contributed by atoms with Crippen molar-refractivity contribution in [2.24, 2.45) is 0 Å². The number of rotatable bonds is 5. The third-order valence-corrected chi connectivity index (χ3v) is 4.28. The summed E-state index contributed by atoms with van der Waals surface area (Å²) in [6.45, 7) is 2.99. The molecule has 0 bridgehead atoms. The molecule has 0 saturated carbocycles. The van der Waals surface area contributed by atoms with Crippen LogP contribution in [0, 0.1) is 28.7 Å². The molecule has 6 nitrogen and oxygen atoms in total. The number of hydrogen-bond acceptors (Lipinski definition) is 5. The summed E-state index contributed by atoms with van der Waals surface area (Å²) < 4.78 is 27.1. The van der Waals surface area contributed by atoms with E-state index in [0.29, 0.717) is 22.8 Å². The first-order valence-corrected chi connectivity index (χ1v) is 8.15. The SMILES string of the molecule is Cc1cc(NCC(C)(O)c2ccc(F)cc2F)c2cccc([N+](=O)[O-])c2n1. The van der Waals surface area contributed by atoms with Crippen molar-refractivity contribution in [2.75, 3.05) is 11.9 Å². The molecule has 0 aliphatic rings. The third-order valence-electron chi connectivity index (χ3n) is 4.28. The van der Waals surface area contributed by atoms with Crippen LogP contribution in [0.5, 0.6) is 0 Å². The summed E-state index contributed by atoms with van der Waals surface area (Å²) in [4.78, 5) is 15.0. The Bertz CT molecular complexity index is 1040. The maximum Gasteiger partial charge on any atom is 0.295 e. The second-order valence-corrected chi connectivity index (χ2v) is 6.49. The van der Waals surface area contributed by atoms with E-state index in [2.05, 4.69) is 10.3 Å². The van der Waals surface area contributed by atoms with Crippen molar-refractivity contribution in [3.05, 3.63) is 75.5 Å². The van der Waals surface area contributed by atoms with Crippen LogP contribution in [-0.4, -0.2) is 21.6 Å². The van der Waals surface area contributed by atoms with Crippen molar-refractivity contribution in [1.82, 2.24) is 4.98 Å². The van der Waals surface area contributed by atoms with E-state index in [1.807, 2.05) is 0 Å². The fraction of sp³-hybridized carbons (Fsp3) is 0.211. The van der Waals surface area contributed by atoms with Crippen LogP contribution in [0.15, 0.2) is 42.5 Å². The number of fused-ring (bicyclic) bond motifs is 1. The molecule has 0 amide bonds. The van der Waals surface area contributed by atoms with Crippen molar-refractivity contribution >= 4 is 22.3 Å². The molecule has 1 unspecified atom stereocenters. The van der Waals surface area contributed by atoms with Crippen LogP contribution in [0.3, 0.4) is 0 Å². The van der Waals surface area contributed by atoms with Gasteiger partial charge < -0.3 is 10.4 Å². The maximum atomic E-state index is 14.0. The van der Waals surface area contributed by atoms with Crippen LogP contribution in [-0.2, 0) is 5.60 Å². The summed E-state index contributed by atoms with van der Waals surface area (Å²) in [6.07, 6.45) is 0. The largest absolute Gasteiger partial charge is 0.383 e. The Balaban J connectivity index is 1.97. The van der Waals surface area contributed by atoms with E-state index in [4.69, 9.17) is 0 Å². The molecule has 0 aliphatic heterocycles. The zero-order valence-electron chi connectivity index (χ0n) is 14.7. The molecular weight excluding hydrogens is 356 g/mol. The van der Waals surface area contributed by atoms with Crippen LogP contribution in [0.4, 0.5) is 20.2 Å². The van der Waals surface area contributed by atoms with Gasteiger partial charge in [0.2, 0.25) is 0 Å². The number of para-hydroxylation sites is 1. The molecule has 0 spiro atoms. The van der Waals surface area contributed by atoms with E-state index in [-0.39, 0.29) is 23.3 Å². The minimum atomic E-state index is -1.64. The lowest BCUT2D eigenvalue weighted by atomic mass is 9.95. The summed E-state index contributed by atoms with van der Waals surface area (Å²) in [5.41, 5.74) is -0.538. The number of nitro groups is 1. The molecular formula is C19H17F2N3O3. The first-order chi connectivity index (χ1) is 12.7. The Morgan fingerprint density at radius 3 is 2.67 bits per heavy atom. The van der Waals surface area contributed by atoms with Crippen LogP contribution in [0.2, 0.25) is 0 Å². The number of aliphatic hydroxyl groups is 1. The lowest BCUT2D eigenvalue weighted by Gasteiger charge is -2.25. The second kappa shape index (κ2) is 6.88. The van der Waals surface area contributed by atoms with Crippen molar-refractivity contribution < 1.29 is 18.8 Å². The van der Waals surface area contributed by atoms with Gasteiger partial charge in [0.05, 0.1) is 4.92 Å². The van der Waals surface area contributed by atoms with E-state index in [1.54, 1.807) is 25.1 Å². The predicted octanol–water partition coefficient (Wildman–Crippen LogP) is 4.05. The summed E-state index contributed by atoms with van der Waals surface area (Å²) in [7, 11) is 0. The van der Waals surface area contributed by atoms with E-state index in [1.165, 1.54) is 19.1 Å². The molecule has 1 atom stereocenters. The quantitative estimate of drug-likeness (QED) is 0.520. The molecule has 0 saturated heterocycles. The van der Waals surface area contributed by atoms with Crippen molar-refractivity contribution in [3.8, 4) is 0 Å². The van der Waals surface area contributed by atoms with Gasteiger partial charge in [-0.3, -0.25) is 10.1 Å². The van der Waals surface area contributed by atoms with Gasteiger partial charge in [-0.15, -0.1) is 0 Å². The van der Waals surface area contributed by atoms with Crippen LogP contribution < -0.4 is 5.32 Å². The van der Waals surface area contributed by atoms with Gasteiger partial charge in [-0.25, -0.2) is 13.8 Å². The van der Waals surface area contributed by atoms with Crippen molar-refractivity contribution in [2.45, 2.75) is 19.4 Å². The zero-order valence-corrected chi connectivity index (χ0v) is 14.7. The minimum Gasteiger partial charge on any atom is -0.383 e. The highest BCUT2D eigenvalue weighted by Gasteiger charge is 2.27. The molecule has 8 heteroatoms. The minimum absolute atomic E-state index is 0.0579. The number of halogens is 2. The Morgan fingerprint density at radius 2 is 2.00 bits per heavy atom. The predicted molar refractivity (Wildman–Crippen MR) is 97.6 cm³/mol. The number of benzene rings is 2. The van der Waals surface area contributed by atoms with Gasteiger partial charge in [0.25, 0.3) is 5.69 Å². The maximum absolute atomic E-state index is 14.0. The third kappa shape index (κ3) is 3.70. The van der Waals surface area contributed by atoms with Crippen LogP contribution >= 0.6 is 0 Å². The van der Waals surface area contributed by atoms with E-state index < -0.39 is 22.2 Å². The van der Waals surface area contributed by atoms with Crippen molar-refractivity contribution in [3.63, 3.8) is 0 Å². The van der Waals surface area contributed by atoms with Gasteiger partial charge in [-0.05, 0) is 26.0 Å². The van der Waals surface area contributed by atoms with Crippen molar-refractivity contribution in [1.29, 1.82) is 0 Å². The van der Waals surface area contributed by atoms with E-state index in [0.717, 1.165) is 6.07 Å². The number of nitrogens with one attached hydrogen (secondary N) is 1. The number of pyridine rings is 1. The average molecular weight is 373 g/mol. The second-order valence-electron chi connectivity index (χ2n) is 6.49. The van der Waals surface area contributed by atoms with Crippen LogP contribution in [0.1, 0.15) is 18.2 Å². The Labute approximate surface area is 153 Å². The Morgan fingerprint density at radius 1 is 1.26 bits per heavy atom. The highest BCUT2D eigenvalue weighted by atomic mass is 19.1. The molecule has 3 rings (SSSR count). The standard InChI is InChI=1S/C19H17F2N3O3/c1-11-8-16(13-4-3-5-17(24(26)27)18(13)23-11)22-10-19(2,25)14-7-6-12(20)9-15(14)21/h3-9,25H,10H2,1-2H3,(H,22,23). The highest BCUT2D eigenvalue weighted by Crippen LogP contribution is 2.31. The fourth-order valence-corrected chi connectivity index (χ4v) is 2.94. The van der Waals surface area contributed by atoms with Crippen LogP contribution in [0.25, 0.3) is 10.9 Å². The molecule has 0 radical (unpaired) electrons. The summed E-state index contributed by atoms with van der Waals surface area (Å²) in [5, 5.41) is 25.4. The molecule has 2 aromatic carbocycles. The number of nitro benzene ring substituents is 1. The zero-order chi connectivity index (χ0) is 19.8. The lowest BCUT2D eigenvalue weighted by molar-refractivity contribution is -0.383. The molecule has 0 aliphatic carbocycles. The van der Waals surface area contributed by atoms with Gasteiger partial charge >= 0.3 is 0 Å². The van der Waals surface area contributed by atoms with E-state index in [9.17, 15) is 24.0 Å². The number of non-ortho nitro benzene ring substituents is 1. The Kier molecular flexibility index (Phi) is 4.75. The van der Waals surface area contributed by atoms with Gasteiger partial charge in [0, 0.05) is 41.0 Å². The van der Waals surface area contributed by atoms with Gasteiger partial charge in [0.15, 0.2) is 5.52 Å². The summed E-state index contributed by atoms with van der Waals surface area (Å²) >= 11 is 0. The number of aryl methyl sites for hydroxylation is 1. The molecule has 27 heavy (non-hydrogen) atoms. The lowest BCUT2D eigenvalue weighted by Crippen LogP contribution is -2.32.